The molecule has 1 amide bonds. The molecule has 0 saturated carbocycles. The third-order valence-corrected chi connectivity index (χ3v) is 3.69. The van der Waals surface area contributed by atoms with Crippen LogP contribution in [-0.2, 0) is 4.79 Å². The van der Waals surface area contributed by atoms with E-state index in [0.717, 1.165) is 0 Å². The van der Waals surface area contributed by atoms with Crippen LogP contribution in [-0.4, -0.2) is 23.8 Å². The standard InChI is InChI=1S/C15H11Cl2N3O3/c1-23-9-4-2-8(3-5-9)19-15(22)10(7-18)13(21)12-6-11(16)14(17)20-12/h2-6,10,20H,1H3,(H,19,22). The number of halogens is 2. The van der Waals surface area contributed by atoms with Gasteiger partial charge in [-0.2, -0.15) is 5.26 Å². The quantitative estimate of drug-likeness (QED) is 0.638. The lowest BCUT2D eigenvalue weighted by Gasteiger charge is -2.09. The SMILES string of the molecule is COc1ccc(NC(=O)C(C#N)C(=O)c2cc(Cl)c(Cl)[nH]2)cc1. The summed E-state index contributed by atoms with van der Waals surface area (Å²) in [4.78, 5) is 26.9. The van der Waals surface area contributed by atoms with Crippen LogP contribution in [0.1, 0.15) is 10.5 Å². The molecule has 1 heterocycles. The molecule has 2 N–H and O–H groups in total. The van der Waals surface area contributed by atoms with Gasteiger partial charge in [0, 0.05) is 5.69 Å². The van der Waals surface area contributed by atoms with Crippen LogP contribution in [0.25, 0.3) is 0 Å². The van der Waals surface area contributed by atoms with Gasteiger partial charge in [-0.25, -0.2) is 0 Å². The Hall–Kier alpha value is -2.49. The zero-order valence-electron chi connectivity index (χ0n) is 11.9. The zero-order valence-corrected chi connectivity index (χ0v) is 13.4. The van der Waals surface area contributed by atoms with Crippen LogP contribution in [0.3, 0.4) is 0 Å². The largest absolute Gasteiger partial charge is 0.497 e. The highest BCUT2D eigenvalue weighted by Crippen LogP contribution is 2.24. The Balaban J connectivity index is 2.14. The number of Topliss-reactive ketones (excluding diaryl/α,β-unsaturated/α-hetero) is 1. The topological polar surface area (TPSA) is 95.0 Å². The molecule has 1 atom stereocenters. The first-order valence-corrected chi connectivity index (χ1v) is 7.14. The third-order valence-electron chi connectivity index (χ3n) is 3.00. The van der Waals surface area contributed by atoms with Crippen LogP contribution in [0.5, 0.6) is 5.75 Å². The number of hydrogen-bond acceptors (Lipinski definition) is 4. The van der Waals surface area contributed by atoms with Gasteiger partial charge < -0.3 is 15.0 Å². The molecule has 2 rings (SSSR count). The predicted octanol–water partition coefficient (Wildman–Crippen LogP) is 3.29. The van der Waals surface area contributed by atoms with Gasteiger partial charge in [-0.05, 0) is 30.3 Å². The fourth-order valence-corrected chi connectivity index (χ4v) is 2.13. The summed E-state index contributed by atoms with van der Waals surface area (Å²) in [6, 6.07) is 9.43. The predicted molar refractivity (Wildman–Crippen MR) is 85.9 cm³/mol. The number of carbonyl (C=O) groups excluding carboxylic acids is 2. The van der Waals surface area contributed by atoms with E-state index in [2.05, 4.69) is 10.3 Å². The van der Waals surface area contributed by atoms with Crippen molar-refractivity contribution in [1.82, 2.24) is 4.98 Å². The Labute approximate surface area is 142 Å². The average Bonchev–Trinajstić information content (AvgIpc) is 2.88. The fraction of sp³-hybridized carbons (Fsp3) is 0.133. The minimum absolute atomic E-state index is 0.00330. The van der Waals surface area contributed by atoms with Crippen molar-refractivity contribution in [3.8, 4) is 11.8 Å². The summed E-state index contributed by atoms with van der Waals surface area (Å²) in [7, 11) is 1.52. The van der Waals surface area contributed by atoms with Gasteiger partial charge in [0.05, 0.1) is 23.9 Å². The summed E-state index contributed by atoms with van der Waals surface area (Å²) in [5.74, 6) is -2.37. The Bertz CT molecular complexity index is 759. The van der Waals surface area contributed by atoms with Crippen LogP contribution in [0.15, 0.2) is 30.3 Å². The van der Waals surface area contributed by atoms with Crippen molar-refractivity contribution in [3.05, 3.63) is 46.2 Å². The number of nitrogens with one attached hydrogen (secondary N) is 2. The van der Waals surface area contributed by atoms with Crippen LogP contribution in [0.2, 0.25) is 10.2 Å². The van der Waals surface area contributed by atoms with Crippen LogP contribution in [0, 0.1) is 17.2 Å². The van der Waals surface area contributed by atoms with E-state index in [1.807, 2.05) is 0 Å². The number of methoxy groups -OCH3 is 1. The first kappa shape index (κ1) is 16.9. The number of anilines is 1. The monoisotopic (exact) mass is 351 g/mol. The van der Waals surface area contributed by atoms with Crippen molar-refractivity contribution in [1.29, 1.82) is 5.26 Å². The molecule has 2 aromatic rings. The molecule has 0 aliphatic rings. The van der Waals surface area contributed by atoms with E-state index in [9.17, 15) is 9.59 Å². The van der Waals surface area contributed by atoms with Crippen molar-refractivity contribution in [2.75, 3.05) is 12.4 Å². The summed E-state index contributed by atoms with van der Waals surface area (Å²) >= 11 is 11.5. The van der Waals surface area contributed by atoms with Crippen LogP contribution < -0.4 is 10.1 Å². The molecule has 6 nitrogen and oxygen atoms in total. The second-order valence-corrected chi connectivity index (χ2v) is 5.27. The van der Waals surface area contributed by atoms with Gasteiger partial charge in [0.1, 0.15) is 10.9 Å². The van der Waals surface area contributed by atoms with Gasteiger partial charge in [0.2, 0.25) is 11.7 Å². The molecular weight excluding hydrogens is 341 g/mol. The summed E-state index contributed by atoms with van der Waals surface area (Å²) in [5, 5.41) is 11.8. The molecule has 0 aliphatic heterocycles. The van der Waals surface area contributed by atoms with Crippen molar-refractivity contribution in [2.45, 2.75) is 0 Å². The van der Waals surface area contributed by atoms with E-state index in [1.165, 1.54) is 13.2 Å². The number of nitriles is 1. The molecule has 0 spiro atoms. The number of benzene rings is 1. The highest BCUT2D eigenvalue weighted by molar-refractivity contribution is 6.41. The summed E-state index contributed by atoms with van der Waals surface area (Å²) < 4.78 is 5.00. The van der Waals surface area contributed by atoms with E-state index in [-0.39, 0.29) is 15.9 Å². The third kappa shape index (κ3) is 3.83. The second kappa shape index (κ2) is 7.18. The maximum Gasteiger partial charge on any atom is 0.249 e. The smallest absolute Gasteiger partial charge is 0.249 e. The summed E-state index contributed by atoms with van der Waals surface area (Å²) in [6.07, 6.45) is 0. The molecule has 0 radical (unpaired) electrons. The molecule has 8 heteroatoms. The van der Waals surface area contributed by atoms with E-state index < -0.39 is 17.6 Å². The Morgan fingerprint density at radius 2 is 1.96 bits per heavy atom. The zero-order chi connectivity index (χ0) is 17.0. The molecule has 0 aliphatic carbocycles. The van der Waals surface area contributed by atoms with Gasteiger partial charge in [0.15, 0.2) is 5.92 Å². The normalized spacial score (nSPS) is 11.4. The van der Waals surface area contributed by atoms with Gasteiger partial charge >= 0.3 is 0 Å². The number of aromatic amines is 1. The van der Waals surface area contributed by atoms with Crippen LogP contribution in [0.4, 0.5) is 5.69 Å². The van der Waals surface area contributed by atoms with E-state index in [1.54, 1.807) is 30.3 Å². The Morgan fingerprint density at radius 3 is 2.43 bits per heavy atom. The van der Waals surface area contributed by atoms with Gasteiger partial charge in [0.25, 0.3) is 0 Å². The lowest BCUT2D eigenvalue weighted by Crippen LogP contribution is -2.28. The molecule has 118 valence electrons. The molecule has 0 fully saturated rings. The van der Waals surface area contributed by atoms with E-state index >= 15 is 0 Å². The summed E-state index contributed by atoms with van der Waals surface area (Å²) in [5.41, 5.74) is 0.433. The van der Waals surface area contributed by atoms with Crippen LogP contribution >= 0.6 is 23.2 Å². The number of hydrogen-bond donors (Lipinski definition) is 2. The van der Waals surface area contributed by atoms with E-state index in [4.69, 9.17) is 33.2 Å². The minimum atomic E-state index is -1.53. The highest BCUT2D eigenvalue weighted by atomic mass is 35.5. The lowest BCUT2D eigenvalue weighted by atomic mass is 10.0. The molecule has 1 aromatic carbocycles. The highest BCUT2D eigenvalue weighted by Gasteiger charge is 2.29. The van der Waals surface area contributed by atoms with Gasteiger partial charge in [-0.1, -0.05) is 23.2 Å². The lowest BCUT2D eigenvalue weighted by molar-refractivity contribution is -0.117. The maximum absolute atomic E-state index is 12.2. The number of ether oxygens (including phenoxy) is 1. The number of carbonyl (C=O) groups is 2. The second-order valence-electron chi connectivity index (χ2n) is 4.49. The van der Waals surface area contributed by atoms with Gasteiger partial charge in [-0.15, -0.1) is 0 Å². The van der Waals surface area contributed by atoms with Crippen molar-refractivity contribution in [2.24, 2.45) is 5.92 Å². The minimum Gasteiger partial charge on any atom is -0.497 e. The molecular formula is C15H11Cl2N3O3. The number of nitrogens with zero attached hydrogens (tertiary/aromatic N) is 1. The summed E-state index contributed by atoms with van der Waals surface area (Å²) in [6.45, 7) is 0. The van der Waals surface area contributed by atoms with Gasteiger partial charge in [-0.3, -0.25) is 9.59 Å². The Kier molecular flexibility index (Phi) is 5.27. The number of ketones is 1. The molecule has 1 aromatic heterocycles. The number of H-pyrrole nitrogens is 1. The van der Waals surface area contributed by atoms with Crippen molar-refractivity contribution in [3.63, 3.8) is 0 Å². The van der Waals surface area contributed by atoms with E-state index in [0.29, 0.717) is 11.4 Å². The first-order chi connectivity index (χ1) is 11.0. The Morgan fingerprint density at radius 1 is 1.30 bits per heavy atom. The number of aromatic nitrogens is 1. The maximum atomic E-state index is 12.2. The molecule has 0 bridgehead atoms. The average molecular weight is 352 g/mol. The molecule has 0 saturated heterocycles. The first-order valence-electron chi connectivity index (χ1n) is 6.39. The molecule has 1 unspecified atom stereocenters. The number of amides is 1. The number of rotatable bonds is 5. The molecule has 23 heavy (non-hydrogen) atoms. The van der Waals surface area contributed by atoms with Crippen molar-refractivity contribution >= 4 is 40.6 Å². The fourth-order valence-electron chi connectivity index (χ4n) is 1.82. The van der Waals surface area contributed by atoms with Crippen molar-refractivity contribution < 1.29 is 14.3 Å².